The number of nitrogens with one attached hydrogen (secondary N) is 2. The number of carboxylic acid groups (broad SMARTS) is 1. The first kappa shape index (κ1) is 26.7. The molecule has 6 aliphatic carbocycles. The molecule has 0 aliphatic heterocycles. The Morgan fingerprint density at radius 3 is 2.33 bits per heavy atom. The van der Waals surface area contributed by atoms with Crippen molar-refractivity contribution >= 4 is 29.4 Å². The molecule has 0 saturated heterocycles. The first-order valence-corrected chi connectivity index (χ1v) is 14.4. The Hall–Kier alpha value is -2.55. The van der Waals surface area contributed by atoms with E-state index in [1.807, 2.05) is 0 Å². The highest BCUT2D eigenvalue weighted by Crippen LogP contribution is 2.63. The SMILES string of the molecule is COc1cc(Cl)c(OC2CCC(C)(C(=O)O)CC2)cc1C(=O)NC1C2CCC(C2)C1C(=O)NC12CC(F)(C1)C2. The van der Waals surface area contributed by atoms with Gasteiger partial charge >= 0.3 is 5.97 Å². The van der Waals surface area contributed by atoms with Gasteiger partial charge in [0.2, 0.25) is 5.91 Å². The summed E-state index contributed by atoms with van der Waals surface area (Å²) in [5.74, 6) is -0.500. The van der Waals surface area contributed by atoms with Crippen LogP contribution in [0.25, 0.3) is 0 Å². The van der Waals surface area contributed by atoms with E-state index in [9.17, 15) is 23.9 Å². The predicted octanol–water partition coefficient (Wildman–Crippen LogP) is 4.67. The summed E-state index contributed by atoms with van der Waals surface area (Å²) in [5.41, 5.74) is -1.98. The van der Waals surface area contributed by atoms with Crippen LogP contribution in [0.5, 0.6) is 11.5 Å². The van der Waals surface area contributed by atoms with Crippen molar-refractivity contribution in [3.63, 3.8) is 0 Å². The first-order chi connectivity index (χ1) is 18.4. The maximum Gasteiger partial charge on any atom is 0.309 e. The quantitative estimate of drug-likeness (QED) is 0.424. The van der Waals surface area contributed by atoms with Gasteiger partial charge in [-0.1, -0.05) is 11.6 Å². The van der Waals surface area contributed by atoms with Crippen LogP contribution >= 0.6 is 11.6 Å². The second-order valence-corrected chi connectivity index (χ2v) is 13.4. The summed E-state index contributed by atoms with van der Waals surface area (Å²) in [7, 11) is 1.46. The lowest BCUT2D eigenvalue weighted by Gasteiger charge is -2.66. The van der Waals surface area contributed by atoms with Crippen LogP contribution in [0, 0.1) is 23.2 Å². The molecule has 0 spiro atoms. The molecule has 0 heterocycles. The van der Waals surface area contributed by atoms with Gasteiger partial charge in [0.1, 0.15) is 17.2 Å². The fraction of sp³-hybridized carbons (Fsp3) is 0.690. The Labute approximate surface area is 232 Å². The summed E-state index contributed by atoms with van der Waals surface area (Å²) in [6.07, 6.45) is 5.91. The van der Waals surface area contributed by atoms with Crippen LogP contribution in [-0.4, -0.2) is 53.4 Å². The summed E-state index contributed by atoms with van der Waals surface area (Å²) in [6.45, 7) is 1.75. The van der Waals surface area contributed by atoms with Gasteiger partial charge in [0.05, 0.1) is 35.1 Å². The Balaban J connectivity index is 1.16. The number of benzene rings is 1. The van der Waals surface area contributed by atoms with E-state index in [2.05, 4.69) is 10.6 Å². The van der Waals surface area contributed by atoms with Crippen LogP contribution in [0.1, 0.15) is 81.5 Å². The fourth-order valence-electron chi connectivity index (χ4n) is 7.96. The molecule has 39 heavy (non-hydrogen) atoms. The molecule has 4 bridgehead atoms. The number of carboxylic acids is 1. The molecule has 4 atom stereocenters. The molecule has 10 heteroatoms. The summed E-state index contributed by atoms with van der Waals surface area (Å²) < 4.78 is 25.6. The number of carbonyl (C=O) groups excluding carboxylic acids is 2. The Morgan fingerprint density at radius 1 is 1.05 bits per heavy atom. The molecular formula is C29H36ClFN2O6. The molecule has 2 amide bonds. The molecule has 8 nitrogen and oxygen atoms in total. The smallest absolute Gasteiger partial charge is 0.309 e. The van der Waals surface area contributed by atoms with Crippen molar-refractivity contribution in [2.45, 2.75) is 94.5 Å². The predicted molar refractivity (Wildman–Crippen MR) is 141 cm³/mol. The van der Waals surface area contributed by atoms with Crippen molar-refractivity contribution in [1.82, 2.24) is 10.6 Å². The monoisotopic (exact) mass is 562 g/mol. The largest absolute Gasteiger partial charge is 0.496 e. The molecule has 3 N–H and O–H groups in total. The maximum absolute atomic E-state index is 14.0. The third kappa shape index (κ3) is 4.54. The number of methoxy groups -OCH3 is 1. The van der Waals surface area contributed by atoms with E-state index in [4.69, 9.17) is 21.1 Å². The molecule has 6 saturated carbocycles. The third-order valence-electron chi connectivity index (χ3n) is 10.2. The lowest BCUT2D eigenvalue weighted by atomic mass is 9.47. The van der Waals surface area contributed by atoms with Crippen LogP contribution in [-0.2, 0) is 9.59 Å². The highest BCUT2D eigenvalue weighted by molar-refractivity contribution is 6.32. The van der Waals surface area contributed by atoms with E-state index >= 15 is 0 Å². The van der Waals surface area contributed by atoms with Gasteiger partial charge in [-0.25, -0.2) is 4.39 Å². The van der Waals surface area contributed by atoms with E-state index < -0.39 is 22.6 Å². The zero-order valence-electron chi connectivity index (χ0n) is 22.4. The van der Waals surface area contributed by atoms with Crippen molar-refractivity contribution in [3.8, 4) is 11.5 Å². The average Bonchev–Trinajstić information content (AvgIpc) is 3.46. The number of amides is 2. The number of carbonyl (C=O) groups is 3. The maximum atomic E-state index is 14.0. The number of alkyl halides is 1. The van der Waals surface area contributed by atoms with Gasteiger partial charge in [-0.3, -0.25) is 14.4 Å². The van der Waals surface area contributed by atoms with Crippen LogP contribution in [0.3, 0.4) is 0 Å². The zero-order chi connectivity index (χ0) is 27.7. The summed E-state index contributed by atoms with van der Waals surface area (Å²) in [5, 5.41) is 16.1. The highest BCUT2D eigenvalue weighted by Gasteiger charge is 2.70. The van der Waals surface area contributed by atoms with E-state index in [0.29, 0.717) is 61.5 Å². The molecule has 6 aliphatic rings. The van der Waals surface area contributed by atoms with Crippen LogP contribution in [0.2, 0.25) is 5.02 Å². The number of rotatable bonds is 8. The minimum Gasteiger partial charge on any atom is -0.496 e. The van der Waals surface area contributed by atoms with Gasteiger partial charge in [0.25, 0.3) is 5.91 Å². The first-order valence-electron chi connectivity index (χ1n) is 14.0. The van der Waals surface area contributed by atoms with E-state index in [0.717, 1.165) is 19.3 Å². The summed E-state index contributed by atoms with van der Waals surface area (Å²) in [4.78, 5) is 38.5. The molecule has 4 unspecified atom stereocenters. The highest BCUT2D eigenvalue weighted by atomic mass is 35.5. The topological polar surface area (TPSA) is 114 Å². The number of halogens is 2. The van der Waals surface area contributed by atoms with Crippen molar-refractivity contribution in [1.29, 1.82) is 0 Å². The fourth-order valence-corrected chi connectivity index (χ4v) is 8.16. The van der Waals surface area contributed by atoms with E-state index in [1.165, 1.54) is 7.11 Å². The second-order valence-electron chi connectivity index (χ2n) is 13.0. The summed E-state index contributed by atoms with van der Waals surface area (Å²) >= 11 is 6.48. The molecule has 212 valence electrons. The van der Waals surface area contributed by atoms with Gasteiger partial charge in [0.15, 0.2) is 0 Å². The van der Waals surface area contributed by atoms with Crippen LogP contribution in [0.15, 0.2) is 12.1 Å². The number of ether oxygens (including phenoxy) is 2. The Kier molecular flexibility index (Phi) is 6.32. The van der Waals surface area contributed by atoms with Crippen molar-refractivity contribution < 1.29 is 33.4 Å². The second kappa shape index (κ2) is 9.25. The van der Waals surface area contributed by atoms with Gasteiger partial charge in [-0.15, -0.1) is 0 Å². The molecular weight excluding hydrogens is 527 g/mol. The lowest BCUT2D eigenvalue weighted by Crippen LogP contribution is -2.77. The standard InChI is InChI=1S/C29H36ClFN2O6/c1-27(26(36)37)7-5-17(6-8-27)39-21-10-18(20(38-2)11-19(21)30)24(34)32-23-16-4-3-15(9-16)22(23)25(35)33-29-12-28(31,13-29)14-29/h10-11,15-17,22-23H,3-9,12-14H2,1-2H3,(H,32,34)(H,33,35)(H,36,37). The molecule has 6 fully saturated rings. The van der Waals surface area contributed by atoms with Gasteiger partial charge < -0.3 is 25.2 Å². The number of hydrogen-bond acceptors (Lipinski definition) is 5. The molecule has 0 aromatic heterocycles. The van der Waals surface area contributed by atoms with Gasteiger partial charge in [0, 0.05) is 36.9 Å². The lowest BCUT2D eigenvalue weighted by molar-refractivity contribution is -0.177. The average molecular weight is 563 g/mol. The number of aliphatic carboxylic acids is 1. The zero-order valence-corrected chi connectivity index (χ0v) is 23.1. The van der Waals surface area contributed by atoms with E-state index in [1.54, 1.807) is 19.1 Å². The van der Waals surface area contributed by atoms with Crippen LogP contribution < -0.4 is 20.1 Å². The van der Waals surface area contributed by atoms with Crippen molar-refractivity contribution in [2.24, 2.45) is 23.2 Å². The van der Waals surface area contributed by atoms with Gasteiger partial charge in [-0.05, 0) is 69.8 Å². The normalized spacial score (nSPS) is 39.7. The third-order valence-corrected chi connectivity index (χ3v) is 10.5. The van der Waals surface area contributed by atoms with Gasteiger partial charge in [-0.2, -0.15) is 0 Å². The molecule has 7 rings (SSSR count). The molecule has 1 aromatic rings. The molecule has 1 aromatic carbocycles. The minimum atomic E-state index is -1.09. The van der Waals surface area contributed by atoms with Crippen LogP contribution in [0.4, 0.5) is 4.39 Å². The van der Waals surface area contributed by atoms with Crippen molar-refractivity contribution in [2.75, 3.05) is 7.11 Å². The number of hydrogen-bond donors (Lipinski definition) is 3. The number of fused-ring (bicyclic) bond motifs is 2. The van der Waals surface area contributed by atoms with E-state index in [-0.39, 0.29) is 47.3 Å². The summed E-state index contributed by atoms with van der Waals surface area (Å²) in [6, 6.07) is 2.82. The Morgan fingerprint density at radius 2 is 1.72 bits per heavy atom. The minimum absolute atomic E-state index is 0.0768. The van der Waals surface area contributed by atoms with Crippen molar-refractivity contribution in [3.05, 3.63) is 22.7 Å². The molecule has 0 radical (unpaired) electrons. The Bertz CT molecular complexity index is 1190.